The van der Waals surface area contributed by atoms with Crippen molar-refractivity contribution >= 4 is 65.4 Å². The van der Waals surface area contributed by atoms with Crippen LogP contribution in [-0.4, -0.2) is 4.98 Å². The SMILES string of the molecule is CCc1nc2c(-c3ccc(-c4cccc5c4oc4ccccc45)cc3)cc(-c3ccc(-c4cccc5c4oc4ccccc45)cc3)cc2s1. The van der Waals surface area contributed by atoms with Crippen LogP contribution in [0.5, 0.6) is 0 Å². The van der Waals surface area contributed by atoms with Gasteiger partial charge in [-0.2, -0.15) is 0 Å². The summed E-state index contributed by atoms with van der Waals surface area (Å²) in [5.74, 6) is 0. The molecule has 0 amide bonds. The first kappa shape index (κ1) is 28.1. The van der Waals surface area contributed by atoms with Crippen LogP contribution in [0.4, 0.5) is 0 Å². The van der Waals surface area contributed by atoms with Crippen molar-refractivity contribution in [1.29, 1.82) is 0 Å². The molecule has 10 aromatic rings. The molecule has 3 aromatic heterocycles. The predicted octanol–water partition coefficient (Wildman–Crippen LogP) is 13.3. The maximum absolute atomic E-state index is 6.35. The summed E-state index contributed by atoms with van der Waals surface area (Å²) in [7, 11) is 0. The molecule has 0 radical (unpaired) electrons. The molecular formula is C45H29NO2S. The van der Waals surface area contributed by atoms with Gasteiger partial charge >= 0.3 is 0 Å². The summed E-state index contributed by atoms with van der Waals surface area (Å²) in [6, 6.07) is 51.6. The minimum atomic E-state index is 0.913. The number of aryl methyl sites for hydroxylation is 1. The molecule has 0 bridgehead atoms. The van der Waals surface area contributed by atoms with Crippen molar-refractivity contribution in [1.82, 2.24) is 4.98 Å². The molecule has 0 atom stereocenters. The van der Waals surface area contributed by atoms with Crippen molar-refractivity contribution < 1.29 is 8.83 Å². The number of hydrogen-bond acceptors (Lipinski definition) is 4. The van der Waals surface area contributed by atoms with Gasteiger partial charge in [0.1, 0.15) is 22.3 Å². The molecule has 0 spiro atoms. The Kier molecular flexibility index (Phi) is 6.33. The van der Waals surface area contributed by atoms with E-state index in [9.17, 15) is 0 Å². The number of benzene rings is 7. The summed E-state index contributed by atoms with van der Waals surface area (Å²) < 4.78 is 13.9. The first-order valence-electron chi connectivity index (χ1n) is 16.7. The zero-order valence-corrected chi connectivity index (χ0v) is 27.6. The lowest BCUT2D eigenvalue weighted by atomic mass is 9.94. The van der Waals surface area contributed by atoms with Gasteiger partial charge in [0.15, 0.2) is 0 Å². The number of hydrogen-bond donors (Lipinski definition) is 0. The number of nitrogens with zero attached hydrogens (tertiary/aromatic N) is 1. The molecule has 3 heterocycles. The van der Waals surface area contributed by atoms with Gasteiger partial charge in [-0.15, -0.1) is 11.3 Å². The molecule has 232 valence electrons. The van der Waals surface area contributed by atoms with E-state index < -0.39 is 0 Å². The van der Waals surface area contributed by atoms with Gasteiger partial charge in [0, 0.05) is 38.2 Å². The van der Waals surface area contributed by atoms with E-state index in [2.05, 4.69) is 128 Å². The number of para-hydroxylation sites is 4. The van der Waals surface area contributed by atoms with Gasteiger partial charge in [-0.3, -0.25) is 0 Å². The lowest BCUT2D eigenvalue weighted by Gasteiger charge is -2.10. The van der Waals surface area contributed by atoms with Crippen molar-refractivity contribution in [2.75, 3.05) is 0 Å². The van der Waals surface area contributed by atoms with Gasteiger partial charge in [0.05, 0.1) is 15.2 Å². The van der Waals surface area contributed by atoms with E-state index in [-0.39, 0.29) is 0 Å². The second kappa shape index (κ2) is 11.0. The van der Waals surface area contributed by atoms with Gasteiger partial charge in [0.2, 0.25) is 0 Å². The van der Waals surface area contributed by atoms with Crippen LogP contribution in [0.2, 0.25) is 0 Å². The average molecular weight is 648 g/mol. The number of fused-ring (bicyclic) bond motifs is 7. The third kappa shape index (κ3) is 4.52. The predicted molar refractivity (Wildman–Crippen MR) is 205 cm³/mol. The molecule has 0 saturated heterocycles. The quantitative estimate of drug-likeness (QED) is 0.187. The third-order valence-electron chi connectivity index (χ3n) is 9.69. The Bertz CT molecular complexity index is 2850. The van der Waals surface area contributed by atoms with E-state index in [0.717, 1.165) is 94.2 Å². The fraction of sp³-hybridized carbons (Fsp3) is 0.0444. The molecule has 10 rings (SSSR count). The maximum atomic E-state index is 6.35. The number of rotatable bonds is 5. The van der Waals surface area contributed by atoms with Gasteiger partial charge in [-0.05, 0) is 58.5 Å². The first-order valence-corrected chi connectivity index (χ1v) is 17.5. The van der Waals surface area contributed by atoms with Crippen LogP contribution in [0, 0.1) is 0 Å². The summed E-state index contributed by atoms with van der Waals surface area (Å²) in [6.07, 6.45) is 0.913. The Morgan fingerprint density at radius 2 is 0.959 bits per heavy atom. The Morgan fingerprint density at radius 3 is 1.51 bits per heavy atom. The highest BCUT2D eigenvalue weighted by Gasteiger charge is 2.16. The van der Waals surface area contributed by atoms with Crippen molar-refractivity contribution in [2.45, 2.75) is 13.3 Å². The lowest BCUT2D eigenvalue weighted by Crippen LogP contribution is -1.87. The summed E-state index contributed by atoms with van der Waals surface area (Å²) >= 11 is 1.79. The van der Waals surface area contributed by atoms with Crippen molar-refractivity contribution in [3.8, 4) is 44.5 Å². The molecule has 0 aliphatic heterocycles. The Morgan fingerprint density at radius 1 is 0.469 bits per heavy atom. The molecule has 0 N–H and O–H groups in total. The summed E-state index contributed by atoms with van der Waals surface area (Å²) in [5.41, 5.74) is 13.8. The van der Waals surface area contributed by atoms with E-state index in [0.29, 0.717) is 0 Å². The van der Waals surface area contributed by atoms with Gasteiger partial charge in [-0.1, -0.05) is 128 Å². The minimum Gasteiger partial charge on any atom is -0.455 e. The minimum absolute atomic E-state index is 0.913. The second-order valence-electron chi connectivity index (χ2n) is 12.5. The zero-order chi connectivity index (χ0) is 32.5. The van der Waals surface area contributed by atoms with E-state index in [1.807, 2.05) is 24.3 Å². The van der Waals surface area contributed by atoms with E-state index in [4.69, 9.17) is 13.8 Å². The Hall–Kier alpha value is -5.97. The molecule has 0 saturated carbocycles. The topological polar surface area (TPSA) is 39.2 Å². The standard InChI is InChI=1S/C45H29NO2S/c1-2-42-46-43-38(30-23-21-29(22-24-30)33-12-8-14-37-35-10-4-6-16-40(35)48-45(33)37)25-31(26-41(43)49-42)27-17-19-28(20-18-27)32-11-7-13-36-34-9-3-5-15-39(34)47-44(32)36/h3-26H,2H2,1H3. The van der Waals surface area contributed by atoms with Crippen LogP contribution in [0.3, 0.4) is 0 Å². The van der Waals surface area contributed by atoms with Crippen LogP contribution in [0.25, 0.3) is 98.6 Å². The number of thiazole rings is 1. The molecular weight excluding hydrogens is 619 g/mol. The first-order chi connectivity index (χ1) is 24.2. The smallest absolute Gasteiger partial charge is 0.143 e. The summed E-state index contributed by atoms with van der Waals surface area (Å²) in [6.45, 7) is 2.17. The molecule has 4 heteroatoms. The zero-order valence-electron chi connectivity index (χ0n) is 26.7. The molecule has 49 heavy (non-hydrogen) atoms. The fourth-order valence-corrected chi connectivity index (χ4v) is 8.21. The molecule has 0 fully saturated rings. The highest BCUT2D eigenvalue weighted by atomic mass is 32.1. The maximum Gasteiger partial charge on any atom is 0.143 e. The van der Waals surface area contributed by atoms with Gasteiger partial charge < -0.3 is 8.83 Å². The molecule has 0 aliphatic rings. The van der Waals surface area contributed by atoms with Gasteiger partial charge in [0.25, 0.3) is 0 Å². The molecule has 3 nitrogen and oxygen atoms in total. The van der Waals surface area contributed by atoms with Crippen LogP contribution in [0.15, 0.2) is 154 Å². The van der Waals surface area contributed by atoms with E-state index in [1.54, 1.807) is 11.3 Å². The largest absolute Gasteiger partial charge is 0.455 e. The van der Waals surface area contributed by atoms with Crippen LogP contribution < -0.4 is 0 Å². The molecule has 7 aromatic carbocycles. The monoisotopic (exact) mass is 647 g/mol. The second-order valence-corrected chi connectivity index (χ2v) is 13.7. The normalized spacial score (nSPS) is 11.9. The Labute approximate surface area is 286 Å². The molecule has 0 aliphatic carbocycles. The Balaban J connectivity index is 1.05. The highest BCUT2D eigenvalue weighted by Crippen LogP contribution is 2.41. The fourth-order valence-electron chi connectivity index (χ4n) is 7.23. The van der Waals surface area contributed by atoms with Gasteiger partial charge in [-0.25, -0.2) is 4.98 Å². The summed E-state index contributed by atoms with van der Waals surface area (Å²) in [5, 5.41) is 5.72. The highest BCUT2D eigenvalue weighted by molar-refractivity contribution is 7.18. The third-order valence-corrected chi connectivity index (χ3v) is 10.8. The van der Waals surface area contributed by atoms with Crippen LogP contribution in [-0.2, 0) is 6.42 Å². The number of furan rings is 2. The van der Waals surface area contributed by atoms with Crippen LogP contribution in [0.1, 0.15) is 11.9 Å². The van der Waals surface area contributed by atoms with Crippen LogP contribution >= 0.6 is 11.3 Å². The van der Waals surface area contributed by atoms with Crippen molar-refractivity contribution in [2.24, 2.45) is 0 Å². The lowest BCUT2D eigenvalue weighted by molar-refractivity contribution is 0.669. The van der Waals surface area contributed by atoms with E-state index >= 15 is 0 Å². The number of aromatic nitrogens is 1. The summed E-state index contributed by atoms with van der Waals surface area (Å²) in [4.78, 5) is 5.08. The van der Waals surface area contributed by atoms with Crippen molar-refractivity contribution in [3.63, 3.8) is 0 Å². The molecule has 0 unspecified atom stereocenters. The van der Waals surface area contributed by atoms with E-state index in [1.165, 1.54) is 15.8 Å². The van der Waals surface area contributed by atoms with Crippen molar-refractivity contribution in [3.05, 3.63) is 151 Å². The average Bonchev–Trinajstić information content (AvgIpc) is 3.88.